The molecule has 0 unspecified atom stereocenters. The number of carbonyl (C=O) groups excluding carboxylic acids is 1. The average Bonchev–Trinajstić information content (AvgIpc) is 3.12. The molecule has 0 aliphatic carbocycles. The molecule has 5 nitrogen and oxygen atoms in total. The first-order valence-corrected chi connectivity index (χ1v) is 8.54. The molecule has 0 radical (unpaired) electrons. The van der Waals surface area contributed by atoms with Crippen molar-refractivity contribution in [2.45, 2.75) is 38.3 Å². The molecule has 5 heteroatoms. The van der Waals surface area contributed by atoms with E-state index < -0.39 is 5.60 Å². The van der Waals surface area contributed by atoms with Crippen molar-refractivity contribution in [2.24, 2.45) is 0 Å². The monoisotopic (exact) mass is 340 g/mol. The molecule has 25 heavy (non-hydrogen) atoms. The number of amides is 1. The molecule has 2 heterocycles. The summed E-state index contributed by atoms with van der Waals surface area (Å²) in [6.45, 7) is 4.31. The first kappa shape index (κ1) is 17.4. The Kier molecular flexibility index (Phi) is 4.77. The summed E-state index contributed by atoms with van der Waals surface area (Å²) in [4.78, 5) is 18.9. The number of benzene rings is 1. The number of ether oxygens (including phenoxy) is 1. The summed E-state index contributed by atoms with van der Waals surface area (Å²) in [5, 5.41) is 11.2. The van der Waals surface area contributed by atoms with Gasteiger partial charge in [0.05, 0.1) is 18.7 Å². The van der Waals surface area contributed by atoms with E-state index in [2.05, 4.69) is 4.98 Å². The maximum atomic E-state index is 12.9. The lowest BCUT2D eigenvalue weighted by molar-refractivity contribution is -0.0177. The lowest BCUT2D eigenvalue weighted by Crippen LogP contribution is -2.48. The predicted molar refractivity (Wildman–Crippen MR) is 95.6 cm³/mol. The zero-order valence-corrected chi connectivity index (χ0v) is 14.9. The predicted octanol–water partition coefficient (Wildman–Crippen LogP) is 2.91. The molecule has 1 amide bonds. The van der Waals surface area contributed by atoms with Gasteiger partial charge in [-0.1, -0.05) is 12.1 Å². The Morgan fingerprint density at radius 3 is 2.60 bits per heavy atom. The highest BCUT2D eigenvalue weighted by molar-refractivity contribution is 5.94. The second-order valence-electron chi connectivity index (χ2n) is 6.72. The molecular weight excluding hydrogens is 316 g/mol. The van der Waals surface area contributed by atoms with E-state index in [1.54, 1.807) is 31.2 Å². The fourth-order valence-electron chi connectivity index (χ4n) is 3.48. The summed E-state index contributed by atoms with van der Waals surface area (Å²) in [5.74, 6) is 0.661. The molecule has 1 N–H and O–H groups in total. The van der Waals surface area contributed by atoms with Gasteiger partial charge in [-0.25, -0.2) is 0 Å². The summed E-state index contributed by atoms with van der Waals surface area (Å²) >= 11 is 0. The molecule has 1 aliphatic heterocycles. The third-order valence-corrected chi connectivity index (χ3v) is 5.00. The summed E-state index contributed by atoms with van der Waals surface area (Å²) in [6.07, 6.45) is 3.25. The summed E-state index contributed by atoms with van der Waals surface area (Å²) in [7, 11) is 1.61. The van der Waals surface area contributed by atoms with E-state index in [0.717, 1.165) is 29.8 Å². The summed E-state index contributed by atoms with van der Waals surface area (Å²) < 4.78 is 5.18. The quantitative estimate of drug-likeness (QED) is 0.929. The Bertz CT molecular complexity index is 739. The number of aryl methyl sites for hydroxylation is 1. The van der Waals surface area contributed by atoms with Crippen LogP contribution in [0.1, 0.15) is 41.4 Å². The van der Waals surface area contributed by atoms with Crippen LogP contribution in [0.4, 0.5) is 0 Å². The zero-order chi connectivity index (χ0) is 18.0. The largest absolute Gasteiger partial charge is 0.497 e. The zero-order valence-electron chi connectivity index (χ0n) is 14.9. The average molecular weight is 340 g/mol. The van der Waals surface area contributed by atoms with Crippen molar-refractivity contribution in [1.29, 1.82) is 0 Å². The van der Waals surface area contributed by atoms with Crippen LogP contribution in [0.2, 0.25) is 0 Å². The van der Waals surface area contributed by atoms with Gasteiger partial charge in [0.1, 0.15) is 11.4 Å². The van der Waals surface area contributed by atoms with E-state index in [4.69, 9.17) is 4.74 Å². The summed E-state index contributed by atoms with van der Waals surface area (Å²) in [5.41, 5.74) is 1.08. The van der Waals surface area contributed by atoms with E-state index in [-0.39, 0.29) is 11.9 Å². The van der Waals surface area contributed by atoms with Gasteiger partial charge in [0, 0.05) is 18.4 Å². The molecule has 0 spiro atoms. The number of aromatic nitrogens is 1. The lowest BCUT2D eigenvalue weighted by atomic mass is 9.86. The van der Waals surface area contributed by atoms with Gasteiger partial charge < -0.3 is 14.7 Å². The van der Waals surface area contributed by atoms with Gasteiger partial charge in [0.15, 0.2) is 0 Å². The molecule has 0 saturated carbocycles. The first-order chi connectivity index (χ1) is 11.9. The van der Waals surface area contributed by atoms with Crippen LogP contribution in [0, 0.1) is 6.92 Å². The molecule has 1 saturated heterocycles. The Morgan fingerprint density at radius 2 is 2.00 bits per heavy atom. The number of carbonyl (C=O) groups is 1. The van der Waals surface area contributed by atoms with Gasteiger partial charge in [-0.3, -0.25) is 9.78 Å². The number of aliphatic hydroxyl groups is 1. The lowest BCUT2D eigenvalue weighted by Gasteiger charge is -2.37. The Balaban J connectivity index is 1.86. The van der Waals surface area contributed by atoms with Gasteiger partial charge in [-0.05, 0) is 56.5 Å². The van der Waals surface area contributed by atoms with E-state index in [0.29, 0.717) is 12.1 Å². The van der Waals surface area contributed by atoms with Crippen molar-refractivity contribution < 1.29 is 14.6 Å². The van der Waals surface area contributed by atoms with Crippen LogP contribution in [-0.2, 0) is 5.60 Å². The second-order valence-corrected chi connectivity index (χ2v) is 6.72. The minimum absolute atomic E-state index is 0.0798. The van der Waals surface area contributed by atoms with Crippen LogP contribution in [0.3, 0.4) is 0 Å². The van der Waals surface area contributed by atoms with Crippen LogP contribution in [-0.4, -0.2) is 40.6 Å². The number of hydrogen-bond donors (Lipinski definition) is 1. The number of likely N-dealkylation sites (tertiary alicyclic amines) is 1. The van der Waals surface area contributed by atoms with Gasteiger partial charge in [-0.15, -0.1) is 0 Å². The van der Waals surface area contributed by atoms with E-state index >= 15 is 0 Å². The standard InChI is InChI=1S/C20H24N2O3/c1-14-6-7-15(13-21-14)19(23)22-12-4-5-18(22)20(2,24)16-8-10-17(25-3)11-9-16/h6-11,13,18,24H,4-5,12H2,1-3H3/t18-,20+/m0/s1. The normalized spacial score (nSPS) is 19.5. The SMILES string of the molecule is COc1ccc([C@@](C)(O)[C@@H]2CCCN2C(=O)c2ccc(C)nc2)cc1. The maximum Gasteiger partial charge on any atom is 0.255 e. The van der Waals surface area contributed by atoms with Crippen molar-refractivity contribution >= 4 is 5.91 Å². The van der Waals surface area contributed by atoms with Crippen molar-refractivity contribution in [3.8, 4) is 5.75 Å². The topological polar surface area (TPSA) is 62.7 Å². The van der Waals surface area contributed by atoms with Gasteiger partial charge >= 0.3 is 0 Å². The number of methoxy groups -OCH3 is 1. The van der Waals surface area contributed by atoms with Crippen LogP contribution in [0.25, 0.3) is 0 Å². The van der Waals surface area contributed by atoms with Gasteiger partial charge in [-0.2, -0.15) is 0 Å². The minimum atomic E-state index is -1.13. The molecule has 2 aromatic rings. The molecule has 132 valence electrons. The van der Waals surface area contributed by atoms with E-state index in [1.807, 2.05) is 37.3 Å². The van der Waals surface area contributed by atoms with Gasteiger partial charge in [0.2, 0.25) is 0 Å². The van der Waals surface area contributed by atoms with E-state index in [1.165, 1.54) is 0 Å². The highest BCUT2D eigenvalue weighted by atomic mass is 16.5. The highest BCUT2D eigenvalue weighted by Crippen LogP contribution is 2.36. The third kappa shape index (κ3) is 3.37. The van der Waals surface area contributed by atoms with E-state index in [9.17, 15) is 9.90 Å². The molecular formula is C20H24N2O3. The number of hydrogen-bond acceptors (Lipinski definition) is 4. The second kappa shape index (κ2) is 6.84. The summed E-state index contributed by atoms with van der Waals surface area (Å²) in [6, 6.07) is 10.7. The fraction of sp³-hybridized carbons (Fsp3) is 0.400. The molecule has 0 bridgehead atoms. The number of rotatable bonds is 4. The Morgan fingerprint density at radius 1 is 1.28 bits per heavy atom. The maximum absolute atomic E-state index is 12.9. The Hall–Kier alpha value is -2.40. The van der Waals surface area contributed by atoms with Gasteiger partial charge in [0.25, 0.3) is 5.91 Å². The van der Waals surface area contributed by atoms with Crippen LogP contribution >= 0.6 is 0 Å². The molecule has 1 aliphatic rings. The Labute approximate surface area is 148 Å². The number of nitrogens with zero attached hydrogens (tertiary/aromatic N) is 2. The van der Waals surface area contributed by atoms with Crippen LogP contribution in [0.5, 0.6) is 5.75 Å². The smallest absolute Gasteiger partial charge is 0.255 e. The molecule has 1 aromatic heterocycles. The molecule has 2 atom stereocenters. The third-order valence-electron chi connectivity index (χ3n) is 5.00. The molecule has 3 rings (SSSR count). The van der Waals surface area contributed by atoms with Crippen LogP contribution < -0.4 is 4.74 Å². The number of pyridine rings is 1. The van der Waals surface area contributed by atoms with Crippen molar-refractivity contribution in [1.82, 2.24) is 9.88 Å². The molecule has 1 fully saturated rings. The van der Waals surface area contributed by atoms with Crippen molar-refractivity contribution in [2.75, 3.05) is 13.7 Å². The first-order valence-electron chi connectivity index (χ1n) is 8.54. The van der Waals surface area contributed by atoms with Crippen molar-refractivity contribution in [3.63, 3.8) is 0 Å². The minimum Gasteiger partial charge on any atom is -0.497 e. The fourth-order valence-corrected chi connectivity index (χ4v) is 3.48. The highest BCUT2D eigenvalue weighted by Gasteiger charge is 2.42. The van der Waals surface area contributed by atoms with Crippen LogP contribution in [0.15, 0.2) is 42.6 Å². The van der Waals surface area contributed by atoms with Crippen molar-refractivity contribution in [3.05, 3.63) is 59.4 Å². The molecule has 1 aromatic carbocycles.